The van der Waals surface area contributed by atoms with Crippen LogP contribution in [0.15, 0.2) is 36.4 Å². The number of benzene rings is 2. The molecule has 0 bridgehead atoms. The molecule has 3 N–H and O–H groups in total. The van der Waals surface area contributed by atoms with Crippen LogP contribution < -0.4 is 11.1 Å². The minimum absolute atomic E-state index is 0.215. The molecule has 1 unspecified atom stereocenters. The van der Waals surface area contributed by atoms with Crippen molar-refractivity contribution in [3.8, 4) is 0 Å². The van der Waals surface area contributed by atoms with E-state index in [-0.39, 0.29) is 17.8 Å². The Hall–Kier alpha value is -2.36. The second-order valence-corrected chi connectivity index (χ2v) is 5.28. The molecule has 0 aromatic heterocycles. The molecule has 0 fully saturated rings. The molecule has 0 radical (unpaired) electrons. The van der Waals surface area contributed by atoms with Gasteiger partial charge in [0.05, 0.1) is 6.04 Å². The van der Waals surface area contributed by atoms with Gasteiger partial charge >= 0.3 is 0 Å². The maximum Gasteiger partial charge on any atom is 0.252 e. The molecule has 4 heteroatoms. The maximum atomic E-state index is 13.6. The van der Waals surface area contributed by atoms with E-state index in [9.17, 15) is 9.18 Å². The molecule has 3 nitrogen and oxygen atoms in total. The highest BCUT2D eigenvalue weighted by molar-refractivity contribution is 5.96. The summed E-state index contributed by atoms with van der Waals surface area (Å²) in [5.41, 5.74) is 8.96. The largest absolute Gasteiger partial charge is 0.399 e. The molecular formula is C17H19FN2O. The van der Waals surface area contributed by atoms with Crippen LogP contribution in [0.25, 0.3) is 0 Å². The molecule has 2 aromatic carbocycles. The first-order chi connectivity index (χ1) is 9.88. The second-order valence-electron chi connectivity index (χ2n) is 5.28. The Balaban J connectivity index is 2.18. The second kappa shape index (κ2) is 5.95. The van der Waals surface area contributed by atoms with Crippen molar-refractivity contribution in [1.82, 2.24) is 5.32 Å². The number of rotatable bonds is 3. The van der Waals surface area contributed by atoms with Gasteiger partial charge in [0.25, 0.3) is 5.91 Å². The van der Waals surface area contributed by atoms with Gasteiger partial charge in [-0.2, -0.15) is 0 Å². The average Bonchev–Trinajstić information content (AvgIpc) is 2.44. The number of halogens is 1. The highest BCUT2D eigenvalue weighted by atomic mass is 19.1. The lowest BCUT2D eigenvalue weighted by Crippen LogP contribution is -2.27. The number of aryl methyl sites for hydroxylation is 2. The first-order valence-electron chi connectivity index (χ1n) is 6.81. The smallest absolute Gasteiger partial charge is 0.252 e. The molecule has 0 aliphatic rings. The summed E-state index contributed by atoms with van der Waals surface area (Å²) in [6.07, 6.45) is 0. The van der Waals surface area contributed by atoms with Gasteiger partial charge in [0.1, 0.15) is 5.82 Å². The molecule has 0 saturated carbocycles. The lowest BCUT2D eigenvalue weighted by Gasteiger charge is -2.16. The van der Waals surface area contributed by atoms with E-state index in [2.05, 4.69) is 5.32 Å². The summed E-state index contributed by atoms with van der Waals surface area (Å²) in [5, 5.41) is 2.87. The van der Waals surface area contributed by atoms with Gasteiger partial charge in [-0.15, -0.1) is 0 Å². The van der Waals surface area contributed by atoms with Crippen molar-refractivity contribution < 1.29 is 9.18 Å². The molecule has 1 atom stereocenters. The van der Waals surface area contributed by atoms with Crippen LogP contribution in [-0.4, -0.2) is 5.91 Å². The quantitative estimate of drug-likeness (QED) is 0.848. The van der Waals surface area contributed by atoms with Gasteiger partial charge < -0.3 is 11.1 Å². The van der Waals surface area contributed by atoms with Crippen LogP contribution in [0.1, 0.15) is 40.0 Å². The number of hydrogen-bond acceptors (Lipinski definition) is 2. The summed E-state index contributed by atoms with van der Waals surface area (Å²) in [6, 6.07) is 9.90. The van der Waals surface area contributed by atoms with Crippen LogP contribution in [0.4, 0.5) is 10.1 Å². The maximum absolute atomic E-state index is 13.6. The number of hydrogen-bond donors (Lipinski definition) is 2. The molecule has 1 amide bonds. The van der Waals surface area contributed by atoms with Gasteiger partial charge in [-0.05, 0) is 55.7 Å². The molecule has 2 aromatic rings. The fraction of sp³-hybridized carbons (Fsp3) is 0.235. The minimum Gasteiger partial charge on any atom is -0.399 e. The molecule has 0 saturated heterocycles. The van der Waals surface area contributed by atoms with Crippen molar-refractivity contribution in [2.75, 3.05) is 5.73 Å². The fourth-order valence-corrected chi connectivity index (χ4v) is 2.12. The molecule has 0 aliphatic heterocycles. The van der Waals surface area contributed by atoms with Gasteiger partial charge in [-0.3, -0.25) is 4.79 Å². The molecule has 110 valence electrons. The summed E-state index contributed by atoms with van der Waals surface area (Å²) < 4.78 is 13.6. The van der Waals surface area contributed by atoms with E-state index >= 15 is 0 Å². The van der Waals surface area contributed by atoms with E-state index in [4.69, 9.17) is 5.73 Å². The van der Waals surface area contributed by atoms with Crippen molar-refractivity contribution in [3.63, 3.8) is 0 Å². The topological polar surface area (TPSA) is 55.1 Å². The van der Waals surface area contributed by atoms with E-state index in [1.165, 1.54) is 6.07 Å². The summed E-state index contributed by atoms with van der Waals surface area (Å²) in [5.74, 6) is -0.484. The third-order valence-electron chi connectivity index (χ3n) is 3.55. The average molecular weight is 286 g/mol. The van der Waals surface area contributed by atoms with Gasteiger partial charge in [0.15, 0.2) is 0 Å². The fourth-order valence-electron chi connectivity index (χ4n) is 2.12. The first kappa shape index (κ1) is 15.0. The number of nitrogens with one attached hydrogen (secondary N) is 1. The van der Waals surface area contributed by atoms with Crippen LogP contribution in [0, 0.1) is 19.7 Å². The van der Waals surface area contributed by atoms with Crippen LogP contribution in [0.3, 0.4) is 0 Å². The number of nitrogens with two attached hydrogens (primary N) is 1. The summed E-state index contributed by atoms with van der Waals surface area (Å²) in [6.45, 7) is 5.38. The van der Waals surface area contributed by atoms with Crippen molar-refractivity contribution in [2.24, 2.45) is 0 Å². The van der Waals surface area contributed by atoms with Crippen LogP contribution >= 0.6 is 0 Å². The van der Waals surface area contributed by atoms with Crippen LogP contribution in [0.2, 0.25) is 0 Å². The molecule has 2 rings (SSSR count). The number of carbonyl (C=O) groups is 1. The molecule has 0 spiro atoms. The predicted molar refractivity (Wildman–Crippen MR) is 82.6 cm³/mol. The van der Waals surface area contributed by atoms with Crippen LogP contribution in [0.5, 0.6) is 0 Å². The SMILES string of the molecule is Cc1ccc(C(C)NC(=O)c2cc(N)ccc2C)cc1F. The summed E-state index contributed by atoms with van der Waals surface area (Å²) >= 11 is 0. The Morgan fingerprint density at radius 2 is 1.81 bits per heavy atom. The van der Waals surface area contributed by atoms with Gasteiger partial charge in [0, 0.05) is 11.3 Å². The van der Waals surface area contributed by atoms with Crippen molar-refractivity contribution in [3.05, 3.63) is 64.5 Å². The molecular weight excluding hydrogens is 267 g/mol. The number of anilines is 1. The van der Waals surface area contributed by atoms with E-state index in [1.54, 1.807) is 31.2 Å². The zero-order valence-electron chi connectivity index (χ0n) is 12.4. The normalized spacial score (nSPS) is 12.0. The van der Waals surface area contributed by atoms with Gasteiger partial charge in [0.2, 0.25) is 0 Å². The minimum atomic E-state index is -0.284. The highest BCUT2D eigenvalue weighted by Crippen LogP contribution is 2.18. The third-order valence-corrected chi connectivity index (χ3v) is 3.55. The van der Waals surface area contributed by atoms with Gasteiger partial charge in [-0.25, -0.2) is 4.39 Å². The Kier molecular flexibility index (Phi) is 4.26. The van der Waals surface area contributed by atoms with Gasteiger partial charge in [-0.1, -0.05) is 18.2 Å². The van der Waals surface area contributed by atoms with E-state index in [1.807, 2.05) is 19.9 Å². The Bertz CT molecular complexity index is 682. The zero-order valence-corrected chi connectivity index (χ0v) is 12.4. The van der Waals surface area contributed by atoms with Crippen LogP contribution in [-0.2, 0) is 0 Å². The molecule has 0 heterocycles. The molecule has 0 aliphatic carbocycles. The van der Waals surface area contributed by atoms with E-state index in [0.717, 1.165) is 11.1 Å². The van der Waals surface area contributed by atoms with Crippen molar-refractivity contribution in [2.45, 2.75) is 26.8 Å². The predicted octanol–water partition coefficient (Wildman–Crippen LogP) is 3.52. The summed E-state index contributed by atoms with van der Waals surface area (Å²) in [7, 11) is 0. The third kappa shape index (κ3) is 3.40. The van der Waals surface area contributed by atoms with Crippen molar-refractivity contribution in [1.29, 1.82) is 0 Å². The Morgan fingerprint density at radius 3 is 2.48 bits per heavy atom. The lowest BCUT2D eigenvalue weighted by molar-refractivity contribution is 0.0939. The number of amides is 1. The number of nitrogen functional groups attached to an aromatic ring is 1. The molecule has 21 heavy (non-hydrogen) atoms. The number of carbonyl (C=O) groups excluding carboxylic acids is 1. The Labute approximate surface area is 124 Å². The zero-order chi connectivity index (χ0) is 15.6. The standard InChI is InChI=1S/C17H19FN2O/c1-10-5-7-14(19)9-15(10)17(21)20-12(3)13-6-4-11(2)16(18)8-13/h4-9,12H,19H2,1-3H3,(H,20,21). The van der Waals surface area contributed by atoms with E-state index in [0.29, 0.717) is 16.8 Å². The summed E-state index contributed by atoms with van der Waals surface area (Å²) in [4.78, 5) is 12.3. The van der Waals surface area contributed by atoms with Crippen molar-refractivity contribution >= 4 is 11.6 Å². The highest BCUT2D eigenvalue weighted by Gasteiger charge is 2.14. The lowest BCUT2D eigenvalue weighted by atomic mass is 10.0. The van der Waals surface area contributed by atoms with E-state index < -0.39 is 0 Å². The first-order valence-corrected chi connectivity index (χ1v) is 6.81. The monoisotopic (exact) mass is 286 g/mol. The Morgan fingerprint density at radius 1 is 1.14 bits per heavy atom.